The van der Waals surface area contributed by atoms with Crippen molar-refractivity contribution in [2.24, 2.45) is 0 Å². The molecule has 41 heavy (non-hydrogen) atoms. The number of sulfonamides is 1. The van der Waals surface area contributed by atoms with E-state index in [-0.39, 0.29) is 29.1 Å². The summed E-state index contributed by atoms with van der Waals surface area (Å²) >= 11 is 3.42. The highest BCUT2D eigenvalue weighted by molar-refractivity contribution is 9.10. The molecule has 0 aromatic heterocycles. The zero-order chi connectivity index (χ0) is 30.2. The lowest BCUT2D eigenvalue weighted by atomic mass is 10.1. The Kier molecular flexibility index (Phi) is 11.4. The van der Waals surface area contributed by atoms with Gasteiger partial charge < -0.3 is 15.0 Å². The fourth-order valence-electron chi connectivity index (χ4n) is 4.13. The Morgan fingerprint density at radius 1 is 0.951 bits per heavy atom. The normalized spacial score (nSPS) is 12.7. The molecule has 3 aromatic carbocycles. The average Bonchev–Trinajstić information content (AvgIpc) is 2.95. The number of nitrogens with one attached hydrogen (secondary N) is 1. The monoisotopic (exact) mass is 643 g/mol. The van der Waals surface area contributed by atoms with Crippen LogP contribution in [-0.4, -0.2) is 50.4 Å². The van der Waals surface area contributed by atoms with Crippen molar-refractivity contribution in [2.75, 3.05) is 17.5 Å². The van der Waals surface area contributed by atoms with Crippen LogP contribution in [0, 0.1) is 6.92 Å². The van der Waals surface area contributed by atoms with Gasteiger partial charge in [-0.05, 0) is 76.1 Å². The van der Waals surface area contributed by atoms with Crippen molar-refractivity contribution in [1.82, 2.24) is 10.2 Å². The molecule has 2 atom stereocenters. The molecule has 0 unspecified atom stereocenters. The van der Waals surface area contributed by atoms with Gasteiger partial charge in [0.25, 0.3) is 10.0 Å². The van der Waals surface area contributed by atoms with Gasteiger partial charge in [0.1, 0.15) is 18.3 Å². The van der Waals surface area contributed by atoms with Crippen molar-refractivity contribution >= 4 is 43.5 Å². The van der Waals surface area contributed by atoms with Crippen molar-refractivity contribution in [1.29, 1.82) is 0 Å². The summed E-state index contributed by atoms with van der Waals surface area (Å²) in [5.41, 5.74) is 1.94. The molecule has 0 bridgehead atoms. The van der Waals surface area contributed by atoms with Crippen LogP contribution in [0.25, 0.3) is 0 Å². The molecule has 0 spiro atoms. The van der Waals surface area contributed by atoms with Crippen LogP contribution in [-0.2, 0) is 26.2 Å². The van der Waals surface area contributed by atoms with E-state index in [1.807, 2.05) is 45.0 Å². The maximum atomic E-state index is 14.1. The van der Waals surface area contributed by atoms with Crippen LogP contribution >= 0.6 is 15.9 Å². The third kappa shape index (κ3) is 8.33. The van der Waals surface area contributed by atoms with Crippen molar-refractivity contribution in [3.05, 3.63) is 88.4 Å². The zero-order valence-electron chi connectivity index (χ0n) is 24.1. The first-order chi connectivity index (χ1) is 19.5. The number of ether oxygens (including phenoxy) is 1. The van der Waals surface area contributed by atoms with E-state index < -0.39 is 28.5 Å². The second-order valence-corrected chi connectivity index (χ2v) is 12.6. The van der Waals surface area contributed by atoms with Gasteiger partial charge in [0.05, 0.1) is 17.2 Å². The van der Waals surface area contributed by atoms with Gasteiger partial charge >= 0.3 is 0 Å². The Hall–Kier alpha value is -3.37. The number of hydrogen-bond donors (Lipinski definition) is 1. The molecule has 10 heteroatoms. The lowest BCUT2D eigenvalue weighted by Gasteiger charge is -2.33. The molecule has 0 aliphatic carbocycles. The standard InChI is InChI=1S/C31H38BrN3O5S/c1-6-23(4)33-31(37)24(5)34(20-25-14-16-26(32)17-15-25)30(36)21-35(28-10-8-9-11-29(28)40-7-2)41(38,39)27-18-12-22(3)13-19-27/h8-19,23-24H,6-7,20-21H2,1-5H3,(H,33,37)/t23-,24+/m0/s1. The first-order valence-electron chi connectivity index (χ1n) is 13.6. The third-order valence-electron chi connectivity index (χ3n) is 6.76. The minimum atomic E-state index is -4.19. The molecular formula is C31H38BrN3O5S. The van der Waals surface area contributed by atoms with Gasteiger partial charge in [0.2, 0.25) is 11.8 Å². The van der Waals surface area contributed by atoms with Gasteiger partial charge in [-0.3, -0.25) is 13.9 Å². The summed E-state index contributed by atoms with van der Waals surface area (Å²) in [7, 11) is -4.19. The fraction of sp³-hybridized carbons (Fsp3) is 0.355. The minimum absolute atomic E-state index is 0.0456. The van der Waals surface area contributed by atoms with Crippen molar-refractivity contribution in [3.63, 3.8) is 0 Å². The number of halogens is 1. The van der Waals surface area contributed by atoms with Crippen LogP contribution < -0.4 is 14.4 Å². The number of hydrogen-bond acceptors (Lipinski definition) is 5. The van der Waals surface area contributed by atoms with Crippen molar-refractivity contribution < 1.29 is 22.7 Å². The van der Waals surface area contributed by atoms with Gasteiger partial charge in [0, 0.05) is 17.1 Å². The number of amides is 2. The summed E-state index contributed by atoms with van der Waals surface area (Å²) < 4.78 is 35.8. The Bertz CT molecular complexity index is 1430. The van der Waals surface area contributed by atoms with E-state index in [1.165, 1.54) is 17.0 Å². The van der Waals surface area contributed by atoms with Crippen LogP contribution in [0.3, 0.4) is 0 Å². The predicted molar refractivity (Wildman–Crippen MR) is 165 cm³/mol. The fourth-order valence-corrected chi connectivity index (χ4v) is 5.82. The Morgan fingerprint density at radius 3 is 2.20 bits per heavy atom. The number of rotatable bonds is 13. The second-order valence-electron chi connectivity index (χ2n) is 9.87. The lowest BCUT2D eigenvalue weighted by Crippen LogP contribution is -2.52. The quantitative estimate of drug-likeness (QED) is 0.258. The topological polar surface area (TPSA) is 96.0 Å². The number of para-hydroxylation sites is 2. The summed E-state index contributed by atoms with van der Waals surface area (Å²) in [6.45, 7) is 9.08. The Balaban J connectivity index is 2.07. The number of carbonyl (C=O) groups is 2. The van der Waals surface area contributed by atoms with Crippen molar-refractivity contribution in [2.45, 2.75) is 64.6 Å². The summed E-state index contributed by atoms with van der Waals surface area (Å²) in [4.78, 5) is 28.7. The van der Waals surface area contributed by atoms with E-state index in [0.29, 0.717) is 12.4 Å². The minimum Gasteiger partial charge on any atom is -0.492 e. The van der Waals surface area contributed by atoms with Gasteiger partial charge in [0.15, 0.2) is 0 Å². The van der Waals surface area contributed by atoms with E-state index >= 15 is 0 Å². The van der Waals surface area contributed by atoms with E-state index in [2.05, 4.69) is 21.2 Å². The number of nitrogens with zero attached hydrogens (tertiary/aromatic N) is 2. The summed E-state index contributed by atoms with van der Waals surface area (Å²) in [6.07, 6.45) is 0.732. The number of benzene rings is 3. The summed E-state index contributed by atoms with van der Waals surface area (Å²) in [5.74, 6) is -0.505. The molecule has 0 aliphatic heterocycles. The highest BCUT2D eigenvalue weighted by Crippen LogP contribution is 2.33. The molecular weight excluding hydrogens is 606 g/mol. The third-order valence-corrected chi connectivity index (χ3v) is 9.06. The SMILES string of the molecule is CCOc1ccccc1N(CC(=O)N(Cc1ccc(Br)cc1)[C@H](C)C(=O)N[C@@H](C)CC)S(=O)(=O)c1ccc(C)cc1. The molecule has 1 N–H and O–H groups in total. The van der Waals surface area contributed by atoms with Crippen LogP contribution in [0.1, 0.15) is 45.2 Å². The van der Waals surface area contributed by atoms with E-state index in [4.69, 9.17) is 4.74 Å². The molecule has 3 aromatic rings. The van der Waals surface area contributed by atoms with Crippen LogP contribution in [0.2, 0.25) is 0 Å². The van der Waals surface area contributed by atoms with Crippen molar-refractivity contribution in [3.8, 4) is 5.75 Å². The lowest BCUT2D eigenvalue weighted by molar-refractivity contribution is -0.139. The van der Waals surface area contributed by atoms with E-state index in [0.717, 1.165) is 26.3 Å². The summed E-state index contributed by atoms with van der Waals surface area (Å²) in [5, 5.41) is 2.94. The molecule has 8 nitrogen and oxygen atoms in total. The molecule has 3 rings (SSSR count). The Labute approximate surface area is 251 Å². The maximum absolute atomic E-state index is 14.1. The largest absolute Gasteiger partial charge is 0.492 e. The van der Waals surface area contributed by atoms with Gasteiger partial charge in [-0.25, -0.2) is 8.42 Å². The summed E-state index contributed by atoms with van der Waals surface area (Å²) in [6, 6.07) is 19.7. The molecule has 0 aliphatic rings. The zero-order valence-corrected chi connectivity index (χ0v) is 26.5. The van der Waals surface area contributed by atoms with Crippen LogP contribution in [0.15, 0.2) is 82.2 Å². The highest BCUT2D eigenvalue weighted by atomic mass is 79.9. The molecule has 220 valence electrons. The van der Waals surface area contributed by atoms with Crippen LogP contribution in [0.5, 0.6) is 5.75 Å². The molecule has 0 saturated heterocycles. The molecule has 0 radical (unpaired) electrons. The van der Waals surface area contributed by atoms with E-state index in [1.54, 1.807) is 50.2 Å². The first kappa shape index (κ1) is 32.1. The highest BCUT2D eigenvalue weighted by Gasteiger charge is 2.34. The second kappa shape index (κ2) is 14.5. The molecule has 0 saturated carbocycles. The smallest absolute Gasteiger partial charge is 0.264 e. The molecule has 2 amide bonds. The predicted octanol–water partition coefficient (Wildman–Crippen LogP) is 5.68. The number of aryl methyl sites for hydroxylation is 1. The van der Waals surface area contributed by atoms with E-state index in [9.17, 15) is 18.0 Å². The van der Waals surface area contributed by atoms with Gasteiger partial charge in [-0.2, -0.15) is 0 Å². The van der Waals surface area contributed by atoms with Crippen LogP contribution in [0.4, 0.5) is 5.69 Å². The van der Waals surface area contributed by atoms with Gasteiger partial charge in [-0.1, -0.05) is 64.8 Å². The molecule has 0 fully saturated rings. The average molecular weight is 645 g/mol. The number of anilines is 1. The first-order valence-corrected chi connectivity index (χ1v) is 15.9. The number of carbonyl (C=O) groups excluding carboxylic acids is 2. The maximum Gasteiger partial charge on any atom is 0.264 e. The Morgan fingerprint density at radius 2 is 1.59 bits per heavy atom. The van der Waals surface area contributed by atoms with Gasteiger partial charge in [-0.15, -0.1) is 0 Å². The molecule has 0 heterocycles.